The van der Waals surface area contributed by atoms with Gasteiger partial charge in [-0.15, -0.1) is 0 Å². The van der Waals surface area contributed by atoms with E-state index in [1.807, 2.05) is 17.0 Å². The fraction of sp³-hybridized carbons (Fsp3) is 0.375. The quantitative estimate of drug-likeness (QED) is 0.739. The molecule has 4 heteroatoms. The number of nitrogens with zero attached hydrogens (tertiary/aromatic N) is 2. The van der Waals surface area contributed by atoms with E-state index >= 15 is 0 Å². The third kappa shape index (κ3) is 1.85. The molecule has 1 aliphatic rings. The van der Waals surface area contributed by atoms with Gasteiger partial charge in [-0.05, 0) is 0 Å². The molecule has 0 aliphatic carbocycles. The van der Waals surface area contributed by atoms with Gasteiger partial charge in [0, 0.05) is 40.0 Å². The summed E-state index contributed by atoms with van der Waals surface area (Å²) in [5.41, 5.74) is 0. The molecular formula is C8H9N2OW-. The van der Waals surface area contributed by atoms with Gasteiger partial charge in [-0.25, -0.2) is 12.1 Å². The second-order valence-electron chi connectivity index (χ2n) is 2.68. The first kappa shape index (κ1) is 9.68. The maximum absolute atomic E-state index is 9.00. The molecule has 0 unspecified atom stereocenters. The maximum atomic E-state index is 9.00. The van der Waals surface area contributed by atoms with Crippen LogP contribution in [0, 0.1) is 6.07 Å². The molecule has 0 saturated carbocycles. The van der Waals surface area contributed by atoms with Crippen LogP contribution >= 0.6 is 0 Å². The molecule has 3 nitrogen and oxygen atoms in total. The molecular weight excluding hydrogens is 324 g/mol. The van der Waals surface area contributed by atoms with Crippen LogP contribution in [0.5, 0.6) is 0 Å². The smallest absolute Gasteiger partial charge is 0.0889 e. The van der Waals surface area contributed by atoms with Crippen molar-refractivity contribution >= 4 is 5.82 Å². The first-order chi connectivity index (χ1) is 5.36. The molecule has 2 rings (SSSR count). The van der Waals surface area contributed by atoms with E-state index in [1.54, 1.807) is 6.20 Å². The number of anilines is 1. The molecule has 1 N–H and O–H groups in total. The number of pyridine rings is 1. The second kappa shape index (κ2) is 4.01. The average molecular weight is 333 g/mol. The molecule has 1 aromatic rings. The summed E-state index contributed by atoms with van der Waals surface area (Å²) < 4.78 is 0. The van der Waals surface area contributed by atoms with E-state index in [9.17, 15) is 0 Å². The number of aliphatic hydroxyl groups excluding tert-OH is 1. The Hall–Kier alpha value is -0.402. The third-order valence-corrected chi connectivity index (χ3v) is 1.79. The molecule has 1 aromatic heterocycles. The Labute approximate surface area is 85.7 Å². The topological polar surface area (TPSA) is 36.4 Å². The minimum absolute atomic E-state index is 0. The van der Waals surface area contributed by atoms with Gasteiger partial charge in [0.15, 0.2) is 0 Å². The van der Waals surface area contributed by atoms with E-state index in [-0.39, 0.29) is 27.2 Å². The molecule has 0 bridgehead atoms. The summed E-state index contributed by atoms with van der Waals surface area (Å²) in [6.07, 6.45) is 1.47. The van der Waals surface area contributed by atoms with Crippen LogP contribution in [0.3, 0.4) is 0 Å². The predicted molar refractivity (Wildman–Crippen MR) is 41.3 cm³/mol. The van der Waals surface area contributed by atoms with Crippen LogP contribution in [0.2, 0.25) is 0 Å². The number of hydrogen-bond donors (Lipinski definition) is 1. The number of rotatable bonds is 1. The molecule has 0 aromatic carbocycles. The average Bonchev–Trinajstić information content (AvgIpc) is 2.01. The summed E-state index contributed by atoms with van der Waals surface area (Å²) in [4.78, 5) is 6.12. The third-order valence-electron chi connectivity index (χ3n) is 1.79. The summed E-state index contributed by atoms with van der Waals surface area (Å²) in [6, 6.07) is 6.57. The van der Waals surface area contributed by atoms with Crippen molar-refractivity contribution in [3.63, 3.8) is 0 Å². The fourth-order valence-electron chi connectivity index (χ4n) is 1.14. The first-order valence-corrected chi connectivity index (χ1v) is 3.61. The van der Waals surface area contributed by atoms with Gasteiger partial charge in [-0.3, -0.25) is 4.98 Å². The van der Waals surface area contributed by atoms with Gasteiger partial charge >= 0.3 is 0 Å². The Balaban J connectivity index is 0.000000720. The van der Waals surface area contributed by atoms with Gasteiger partial charge in [-0.2, -0.15) is 6.07 Å². The summed E-state index contributed by atoms with van der Waals surface area (Å²) >= 11 is 0. The Morgan fingerprint density at radius 1 is 1.58 bits per heavy atom. The molecule has 1 saturated heterocycles. The summed E-state index contributed by atoms with van der Waals surface area (Å²) in [6.45, 7) is 1.41. The number of aliphatic hydroxyl groups is 1. The van der Waals surface area contributed by atoms with E-state index in [0.717, 1.165) is 5.82 Å². The van der Waals surface area contributed by atoms with Crippen LogP contribution in [-0.4, -0.2) is 29.3 Å². The predicted octanol–water partition coefficient (Wildman–Crippen LogP) is 0.0602. The normalized spacial score (nSPS) is 16.6. The Kier molecular flexibility index (Phi) is 3.24. The van der Waals surface area contributed by atoms with E-state index in [2.05, 4.69) is 11.1 Å². The standard InChI is InChI=1S/C8H9N2O.W/c11-7-5-10(6-7)8-3-1-2-4-9-8;/h1,3-4,7,11H,5-6H2;/q-1;. The molecule has 0 spiro atoms. The SMILES string of the molecule is OC1CN(c2cc[c-]cn2)C1.[W]. The van der Waals surface area contributed by atoms with Crippen LogP contribution in [0.4, 0.5) is 5.82 Å². The Morgan fingerprint density at radius 3 is 2.83 bits per heavy atom. The van der Waals surface area contributed by atoms with E-state index < -0.39 is 0 Å². The van der Waals surface area contributed by atoms with Gasteiger partial charge in [-0.1, -0.05) is 6.20 Å². The summed E-state index contributed by atoms with van der Waals surface area (Å²) in [5, 5.41) is 9.00. The minimum atomic E-state index is -0.166. The number of β-amino-alcohol motifs (C(OH)–C–C–N with tert-alkyl or cyclic N) is 1. The monoisotopic (exact) mass is 333 g/mol. The van der Waals surface area contributed by atoms with Crippen molar-refractivity contribution in [2.45, 2.75) is 6.10 Å². The van der Waals surface area contributed by atoms with Crippen molar-refractivity contribution < 1.29 is 26.2 Å². The van der Waals surface area contributed by atoms with Crippen molar-refractivity contribution in [3.05, 3.63) is 24.4 Å². The van der Waals surface area contributed by atoms with E-state index in [4.69, 9.17) is 5.11 Å². The van der Waals surface area contributed by atoms with Gasteiger partial charge < -0.3 is 10.0 Å². The number of aromatic nitrogens is 1. The van der Waals surface area contributed by atoms with Crippen molar-refractivity contribution in [3.8, 4) is 0 Å². The van der Waals surface area contributed by atoms with Gasteiger partial charge in [0.25, 0.3) is 0 Å². The van der Waals surface area contributed by atoms with E-state index in [0.29, 0.717) is 13.1 Å². The minimum Gasteiger partial charge on any atom is -0.389 e. The Bertz CT molecular complexity index is 236. The summed E-state index contributed by atoms with van der Waals surface area (Å²) in [7, 11) is 0. The van der Waals surface area contributed by atoms with Gasteiger partial charge in [0.05, 0.1) is 6.10 Å². The van der Waals surface area contributed by atoms with Crippen molar-refractivity contribution in [2.75, 3.05) is 18.0 Å². The largest absolute Gasteiger partial charge is 0.389 e. The molecule has 0 amide bonds. The zero-order chi connectivity index (χ0) is 7.68. The van der Waals surface area contributed by atoms with Gasteiger partial charge in [0.2, 0.25) is 0 Å². The zero-order valence-corrected chi connectivity index (χ0v) is 9.41. The van der Waals surface area contributed by atoms with E-state index in [1.165, 1.54) is 0 Å². The summed E-state index contributed by atoms with van der Waals surface area (Å²) in [5.74, 6) is 0.925. The molecule has 64 valence electrons. The zero-order valence-electron chi connectivity index (χ0n) is 6.47. The van der Waals surface area contributed by atoms with Crippen LogP contribution in [0.15, 0.2) is 18.3 Å². The Morgan fingerprint density at radius 2 is 2.33 bits per heavy atom. The van der Waals surface area contributed by atoms with Crippen LogP contribution in [0.1, 0.15) is 0 Å². The molecule has 0 radical (unpaired) electrons. The maximum Gasteiger partial charge on any atom is 0.0889 e. The van der Waals surface area contributed by atoms with Crippen LogP contribution in [-0.2, 0) is 21.1 Å². The molecule has 2 heterocycles. The molecule has 1 fully saturated rings. The van der Waals surface area contributed by atoms with Gasteiger partial charge in [0.1, 0.15) is 0 Å². The molecule has 1 aliphatic heterocycles. The van der Waals surface area contributed by atoms with Crippen molar-refractivity contribution in [1.82, 2.24) is 4.98 Å². The number of hydrogen-bond acceptors (Lipinski definition) is 3. The first-order valence-electron chi connectivity index (χ1n) is 3.61. The van der Waals surface area contributed by atoms with Crippen LogP contribution < -0.4 is 4.90 Å². The molecule has 0 atom stereocenters. The molecule has 12 heavy (non-hydrogen) atoms. The van der Waals surface area contributed by atoms with Crippen molar-refractivity contribution in [2.24, 2.45) is 0 Å². The fourth-order valence-corrected chi connectivity index (χ4v) is 1.14. The van der Waals surface area contributed by atoms with Crippen molar-refractivity contribution in [1.29, 1.82) is 0 Å². The van der Waals surface area contributed by atoms with Crippen LogP contribution in [0.25, 0.3) is 0 Å². The second-order valence-corrected chi connectivity index (χ2v) is 2.68.